The van der Waals surface area contributed by atoms with Crippen LogP contribution in [0.4, 0.5) is 5.69 Å². The van der Waals surface area contributed by atoms with Crippen LogP contribution in [0.15, 0.2) is 35.3 Å². The van der Waals surface area contributed by atoms with Crippen molar-refractivity contribution in [3.63, 3.8) is 0 Å². The smallest absolute Gasteiger partial charge is 0.246 e. The van der Waals surface area contributed by atoms with Crippen LogP contribution in [0.5, 0.6) is 0 Å². The number of benzene rings is 1. The monoisotopic (exact) mass is 403 g/mol. The highest BCUT2D eigenvalue weighted by Gasteiger charge is 2.19. The number of amides is 2. The summed E-state index contributed by atoms with van der Waals surface area (Å²) in [5.74, 6) is -0.709. The van der Waals surface area contributed by atoms with Crippen LogP contribution in [0.3, 0.4) is 0 Å². The first-order valence-electron chi connectivity index (χ1n) is 10.4. The van der Waals surface area contributed by atoms with Crippen LogP contribution in [0.25, 0.3) is 0 Å². The first-order chi connectivity index (χ1) is 14.1. The van der Waals surface area contributed by atoms with Crippen LogP contribution in [0.2, 0.25) is 0 Å². The molecule has 0 saturated heterocycles. The van der Waals surface area contributed by atoms with E-state index in [0.717, 1.165) is 25.7 Å². The van der Waals surface area contributed by atoms with Crippen molar-refractivity contribution < 1.29 is 19.9 Å². The Morgan fingerprint density at radius 2 is 1.83 bits per heavy atom. The minimum atomic E-state index is -0.693. The van der Waals surface area contributed by atoms with E-state index in [9.17, 15) is 14.7 Å². The van der Waals surface area contributed by atoms with Crippen LogP contribution in [-0.4, -0.2) is 35.1 Å². The maximum absolute atomic E-state index is 12.7. The molecular formula is C21H31N4O4-. The Morgan fingerprint density at radius 1 is 1.10 bits per heavy atom. The fourth-order valence-corrected chi connectivity index (χ4v) is 3.45. The summed E-state index contributed by atoms with van der Waals surface area (Å²) in [6.45, 7) is 0. The number of para-hydroxylation sites is 1. The van der Waals surface area contributed by atoms with Gasteiger partial charge in [0.1, 0.15) is 6.04 Å². The number of nitrogens with one attached hydrogen (secondary N) is 3. The summed E-state index contributed by atoms with van der Waals surface area (Å²) < 4.78 is 0. The van der Waals surface area contributed by atoms with Crippen molar-refractivity contribution >= 4 is 23.5 Å². The van der Waals surface area contributed by atoms with Crippen molar-refractivity contribution in [2.45, 2.75) is 76.3 Å². The van der Waals surface area contributed by atoms with Crippen molar-refractivity contribution in [3.05, 3.63) is 30.3 Å². The molecule has 0 spiro atoms. The topological polar surface area (TPSA) is 126 Å². The Balaban J connectivity index is 1.91. The second kappa shape index (κ2) is 12.8. The molecule has 29 heavy (non-hydrogen) atoms. The number of rotatable bonds is 10. The zero-order chi connectivity index (χ0) is 20.9. The predicted molar refractivity (Wildman–Crippen MR) is 109 cm³/mol. The Bertz CT molecular complexity index is 660. The summed E-state index contributed by atoms with van der Waals surface area (Å²) in [5, 5.41) is 26.5. The number of hydrogen-bond acceptors (Lipinski definition) is 5. The maximum atomic E-state index is 12.7. The minimum Gasteiger partial charge on any atom is -0.846 e. The molecule has 2 amide bonds. The zero-order valence-corrected chi connectivity index (χ0v) is 16.7. The number of aliphatic imine (C=N–C) groups is 1. The molecule has 0 heterocycles. The Kier molecular flexibility index (Phi) is 9.99. The van der Waals surface area contributed by atoms with E-state index in [1.807, 2.05) is 18.2 Å². The number of amidine groups is 1. The Morgan fingerprint density at radius 3 is 2.52 bits per heavy atom. The largest absolute Gasteiger partial charge is 0.846 e. The van der Waals surface area contributed by atoms with Crippen molar-refractivity contribution in [2.75, 3.05) is 5.32 Å². The molecule has 0 aliphatic heterocycles. The highest BCUT2D eigenvalue weighted by Crippen LogP contribution is 2.20. The number of unbranched alkanes of at least 4 members (excludes halogenated alkanes) is 2. The van der Waals surface area contributed by atoms with Crippen LogP contribution < -0.4 is 21.2 Å². The third-order valence-corrected chi connectivity index (χ3v) is 5.05. The summed E-state index contributed by atoms with van der Waals surface area (Å²) in [6.07, 6.45) is 7.83. The van der Waals surface area contributed by atoms with Crippen molar-refractivity contribution in [1.29, 1.82) is 0 Å². The predicted octanol–water partition coefficient (Wildman–Crippen LogP) is 2.09. The number of nitrogens with zero attached hydrogens (tertiary/aromatic N) is 1. The van der Waals surface area contributed by atoms with Crippen LogP contribution in [-0.2, 0) is 9.59 Å². The van der Waals surface area contributed by atoms with Gasteiger partial charge in [0.05, 0.1) is 6.04 Å². The van der Waals surface area contributed by atoms with Crippen molar-refractivity contribution in [2.24, 2.45) is 4.99 Å². The van der Waals surface area contributed by atoms with Gasteiger partial charge in [0.15, 0.2) is 0 Å². The SMILES string of the molecule is O=C(CCCCCC(NC([O-])=NC1CCCCC1)C(=O)Nc1ccccc1)NO. The molecule has 160 valence electrons. The van der Waals surface area contributed by atoms with E-state index in [1.54, 1.807) is 17.6 Å². The second-order valence-electron chi connectivity index (χ2n) is 7.41. The molecule has 1 unspecified atom stereocenters. The lowest BCUT2D eigenvalue weighted by molar-refractivity contribution is -0.223. The lowest BCUT2D eigenvalue weighted by Gasteiger charge is -2.26. The third-order valence-electron chi connectivity index (χ3n) is 5.05. The molecule has 1 saturated carbocycles. The molecule has 8 heteroatoms. The Labute approximate surface area is 171 Å². The van der Waals surface area contributed by atoms with E-state index >= 15 is 0 Å². The molecule has 2 rings (SSSR count). The van der Waals surface area contributed by atoms with E-state index in [1.165, 1.54) is 6.42 Å². The summed E-state index contributed by atoms with van der Waals surface area (Å²) in [4.78, 5) is 28.0. The lowest BCUT2D eigenvalue weighted by atomic mass is 9.96. The fraction of sp³-hybridized carbons (Fsp3) is 0.571. The molecule has 8 nitrogen and oxygen atoms in total. The molecule has 0 aromatic heterocycles. The molecule has 4 N–H and O–H groups in total. The van der Waals surface area contributed by atoms with E-state index in [4.69, 9.17) is 5.21 Å². The summed E-state index contributed by atoms with van der Waals surface area (Å²) in [5.41, 5.74) is 2.27. The van der Waals surface area contributed by atoms with Gasteiger partial charge in [-0.25, -0.2) is 5.48 Å². The number of hydrogen-bond donors (Lipinski definition) is 4. The molecule has 1 aromatic carbocycles. The lowest BCUT2D eigenvalue weighted by Crippen LogP contribution is -2.49. The van der Waals surface area contributed by atoms with Gasteiger partial charge in [0.2, 0.25) is 11.8 Å². The first kappa shape index (κ1) is 22.7. The van der Waals surface area contributed by atoms with Gasteiger partial charge in [0.25, 0.3) is 0 Å². The van der Waals surface area contributed by atoms with Gasteiger partial charge in [-0.15, -0.1) is 0 Å². The molecular weight excluding hydrogens is 372 g/mol. The first-order valence-corrected chi connectivity index (χ1v) is 10.4. The quantitative estimate of drug-likeness (QED) is 0.156. The van der Waals surface area contributed by atoms with Gasteiger partial charge in [-0.05, 0) is 37.8 Å². The Hall–Kier alpha value is -2.61. The normalized spacial score (nSPS) is 16.1. The number of anilines is 1. The van der Waals surface area contributed by atoms with Gasteiger partial charge >= 0.3 is 0 Å². The number of carbonyl (C=O) groups is 2. The standard InChI is InChI=1S/C21H32N4O4/c26-19(25-29)15-9-3-8-14-18(20(27)22-16-10-4-1-5-11-16)24-21(28)23-17-12-6-2-7-13-17/h1,4-5,10-11,17-18,29H,2-3,6-9,12-15H2,(H,22,27)(H,25,26)(H2,23,24,28)/p-1. The van der Waals surface area contributed by atoms with Crippen LogP contribution >= 0.6 is 0 Å². The molecule has 0 bridgehead atoms. The van der Waals surface area contributed by atoms with Crippen LogP contribution in [0.1, 0.15) is 64.2 Å². The van der Waals surface area contributed by atoms with Gasteiger partial charge < -0.3 is 15.7 Å². The maximum Gasteiger partial charge on any atom is 0.246 e. The van der Waals surface area contributed by atoms with E-state index in [2.05, 4.69) is 15.6 Å². The summed E-state index contributed by atoms with van der Waals surface area (Å²) >= 11 is 0. The van der Waals surface area contributed by atoms with Crippen molar-refractivity contribution in [3.8, 4) is 0 Å². The molecule has 1 atom stereocenters. The minimum absolute atomic E-state index is 0.0404. The fourth-order valence-electron chi connectivity index (χ4n) is 3.45. The highest BCUT2D eigenvalue weighted by atomic mass is 16.5. The summed E-state index contributed by atoms with van der Waals surface area (Å²) in [6, 6.07) is 8.00. The van der Waals surface area contributed by atoms with Gasteiger partial charge in [-0.3, -0.25) is 19.8 Å². The van der Waals surface area contributed by atoms with Gasteiger partial charge in [-0.2, -0.15) is 0 Å². The van der Waals surface area contributed by atoms with E-state index in [0.29, 0.717) is 31.4 Å². The molecule has 1 fully saturated rings. The average Bonchev–Trinajstić information content (AvgIpc) is 2.73. The van der Waals surface area contributed by atoms with Crippen molar-refractivity contribution in [1.82, 2.24) is 10.8 Å². The molecule has 1 aromatic rings. The zero-order valence-electron chi connectivity index (χ0n) is 16.7. The highest BCUT2D eigenvalue weighted by molar-refractivity contribution is 5.96. The molecule has 1 aliphatic carbocycles. The number of hydroxylamine groups is 1. The van der Waals surface area contributed by atoms with Gasteiger partial charge in [-0.1, -0.05) is 50.3 Å². The number of carbonyl (C=O) groups excluding carboxylic acids is 2. The van der Waals surface area contributed by atoms with Gasteiger partial charge in [0, 0.05) is 18.1 Å². The molecule has 0 radical (unpaired) electrons. The van der Waals surface area contributed by atoms with E-state index < -0.39 is 18.0 Å². The average molecular weight is 404 g/mol. The van der Waals surface area contributed by atoms with Crippen LogP contribution in [0, 0.1) is 0 Å². The molecule has 1 aliphatic rings. The summed E-state index contributed by atoms with van der Waals surface area (Å²) in [7, 11) is 0. The third kappa shape index (κ3) is 8.95. The van der Waals surface area contributed by atoms with E-state index in [-0.39, 0.29) is 18.4 Å². The second-order valence-corrected chi connectivity index (χ2v) is 7.41.